The van der Waals surface area contributed by atoms with Gasteiger partial charge in [0.1, 0.15) is 0 Å². The van der Waals surface area contributed by atoms with Crippen molar-refractivity contribution < 1.29 is 14.7 Å². The number of ether oxygens (including phenoxy) is 2. The van der Waals surface area contributed by atoms with Crippen molar-refractivity contribution in [2.24, 2.45) is 39.7 Å². The van der Waals surface area contributed by atoms with E-state index < -0.39 is 0 Å². The van der Waals surface area contributed by atoms with Crippen molar-refractivity contribution in [2.75, 3.05) is 19.8 Å². The van der Waals surface area contributed by atoms with Gasteiger partial charge in [-0.3, -0.25) is 0 Å². The van der Waals surface area contributed by atoms with E-state index in [1.54, 1.807) is 0 Å². The number of rotatable bonds is 0. The number of hydrogen-bond acceptors (Lipinski definition) is 4. The Morgan fingerprint density at radius 1 is 1.04 bits per heavy atom. The summed E-state index contributed by atoms with van der Waals surface area (Å²) in [6.45, 7) is 4.89. The molecule has 1 spiro atoms. The molecule has 5 aliphatic rings. The summed E-state index contributed by atoms with van der Waals surface area (Å²) in [6, 6.07) is 0. The monoisotopic (exact) mass is 347 g/mol. The highest BCUT2D eigenvalue weighted by Gasteiger charge is 2.63. The Hall–Kier alpha value is -0.610. The van der Waals surface area contributed by atoms with Crippen LogP contribution < -0.4 is 0 Å². The Bertz CT molecular complexity index is 563. The Labute approximate surface area is 151 Å². The zero-order valence-corrected chi connectivity index (χ0v) is 15.6. The van der Waals surface area contributed by atoms with E-state index in [0.717, 1.165) is 44.3 Å². The Morgan fingerprint density at radius 2 is 1.96 bits per heavy atom. The molecule has 1 aliphatic heterocycles. The number of fused-ring (bicyclic) bond motifs is 4. The van der Waals surface area contributed by atoms with Crippen LogP contribution >= 0.6 is 0 Å². The van der Waals surface area contributed by atoms with E-state index in [1.807, 2.05) is 0 Å². The van der Waals surface area contributed by atoms with Crippen LogP contribution in [0.2, 0.25) is 0 Å². The summed E-state index contributed by atoms with van der Waals surface area (Å²) in [5.41, 5.74) is 1.73. The van der Waals surface area contributed by atoms with Gasteiger partial charge in [0.25, 0.3) is 0 Å². The van der Waals surface area contributed by atoms with E-state index in [9.17, 15) is 5.21 Å². The minimum absolute atomic E-state index is 0.172. The molecule has 0 aromatic heterocycles. The van der Waals surface area contributed by atoms with Crippen molar-refractivity contribution in [2.45, 2.75) is 70.8 Å². The van der Waals surface area contributed by atoms with Gasteiger partial charge in [0.15, 0.2) is 0 Å². The summed E-state index contributed by atoms with van der Waals surface area (Å²) in [7, 11) is 0. The van der Waals surface area contributed by atoms with Gasteiger partial charge in [-0.1, -0.05) is 24.9 Å². The van der Waals surface area contributed by atoms with E-state index in [1.165, 1.54) is 44.9 Å². The fourth-order valence-corrected chi connectivity index (χ4v) is 7.90. The van der Waals surface area contributed by atoms with E-state index >= 15 is 0 Å². The molecule has 0 aromatic rings. The largest absolute Gasteiger partial charge is 0.411 e. The summed E-state index contributed by atoms with van der Waals surface area (Å²) in [5.74, 6) is 2.45. The van der Waals surface area contributed by atoms with Crippen molar-refractivity contribution in [3.63, 3.8) is 0 Å². The van der Waals surface area contributed by atoms with Crippen molar-refractivity contribution in [3.8, 4) is 0 Å². The van der Waals surface area contributed by atoms with Crippen LogP contribution in [0.5, 0.6) is 0 Å². The van der Waals surface area contributed by atoms with Crippen molar-refractivity contribution >= 4 is 5.71 Å². The average Bonchev–Trinajstić information content (AvgIpc) is 2.87. The Kier molecular flexibility index (Phi) is 3.94. The smallest absolute Gasteiger partial charge is 0.0704 e. The summed E-state index contributed by atoms with van der Waals surface area (Å²) in [5, 5.41) is 13.8. The molecule has 4 aliphatic carbocycles. The van der Waals surface area contributed by atoms with Crippen LogP contribution in [0.25, 0.3) is 0 Å². The molecule has 25 heavy (non-hydrogen) atoms. The summed E-state index contributed by atoms with van der Waals surface area (Å²) in [4.78, 5) is 0. The molecule has 0 bridgehead atoms. The molecular formula is C21H33NO3. The van der Waals surface area contributed by atoms with Crippen LogP contribution in [0.15, 0.2) is 5.16 Å². The topological polar surface area (TPSA) is 51.1 Å². The predicted molar refractivity (Wildman–Crippen MR) is 95.8 cm³/mol. The lowest BCUT2D eigenvalue weighted by atomic mass is 9.44. The average molecular weight is 347 g/mol. The second kappa shape index (κ2) is 5.95. The van der Waals surface area contributed by atoms with Crippen LogP contribution in [-0.2, 0) is 9.47 Å². The highest BCUT2D eigenvalue weighted by molar-refractivity contribution is 5.88. The molecule has 0 amide bonds. The first-order valence-electron chi connectivity index (χ1n) is 10.6. The quantitative estimate of drug-likeness (QED) is 0.526. The van der Waals surface area contributed by atoms with E-state index in [2.05, 4.69) is 12.1 Å². The maximum atomic E-state index is 9.90. The van der Waals surface area contributed by atoms with Gasteiger partial charge < -0.3 is 14.7 Å². The zero-order chi connectivity index (χ0) is 17.1. The lowest BCUT2D eigenvalue weighted by Gasteiger charge is -2.60. The minimum Gasteiger partial charge on any atom is -0.411 e. The fourth-order valence-electron chi connectivity index (χ4n) is 7.90. The molecule has 140 valence electrons. The van der Waals surface area contributed by atoms with Gasteiger partial charge in [0.2, 0.25) is 0 Å². The molecule has 1 saturated heterocycles. The molecule has 1 heterocycles. The van der Waals surface area contributed by atoms with Crippen LogP contribution in [0, 0.1) is 34.5 Å². The molecular weight excluding hydrogens is 314 g/mol. The lowest BCUT2D eigenvalue weighted by molar-refractivity contribution is -0.109. The third-order valence-corrected chi connectivity index (χ3v) is 9.09. The van der Waals surface area contributed by atoms with Gasteiger partial charge in [-0.2, -0.15) is 0 Å². The highest BCUT2D eigenvalue weighted by atomic mass is 16.5. The molecule has 2 unspecified atom stereocenters. The molecule has 5 rings (SSSR count). The standard InChI is InChI=1S/C21H33NO3/c1-20-8-3-2-4-14(20)12-17(22-23)19-15(20)7-9-21-13-24-10-11-25-18(21)6-5-16(19)21/h14-16,18-19,23H,2-13H2,1H3/b22-17+/t14?,15-,16-,18?,19+,20-,21+/m0/s1. The van der Waals surface area contributed by atoms with Crippen molar-refractivity contribution in [1.29, 1.82) is 0 Å². The van der Waals surface area contributed by atoms with Crippen LogP contribution in [0.3, 0.4) is 0 Å². The second-order valence-electron chi connectivity index (χ2n) is 9.74. The first-order chi connectivity index (χ1) is 12.2. The van der Waals surface area contributed by atoms with Crippen molar-refractivity contribution in [3.05, 3.63) is 0 Å². The third kappa shape index (κ3) is 2.22. The van der Waals surface area contributed by atoms with Gasteiger partial charge in [-0.25, -0.2) is 0 Å². The van der Waals surface area contributed by atoms with Crippen LogP contribution in [0.1, 0.15) is 64.7 Å². The predicted octanol–water partition coefficient (Wildman–Crippen LogP) is 4.25. The third-order valence-electron chi connectivity index (χ3n) is 9.09. The first-order valence-corrected chi connectivity index (χ1v) is 10.6. The van der Waals surface area contributed by atoms with E-state index in [0.29, 0.717) is 29.3 Å². The van der Waals surface area contributed by atoms with Crippen molar-refractivity contribution in [1.82, 2.24) is 0 Å². The van der Waals surface area contributed by atoms with Crippen LogP contribution in [0.4, 0.5) is 0 Å². The Balaban J connectivity index is 1.54. The van der Waals surface area contributed by atoms with Gasteiger partial charge >= 0.3 is 0 Å². The number of oxime groups is 1. The zero-order valence-electron chi connectivity index (χ0n) is 15.6. The maximum Gasteiger partial charge on any atom is 0.0704 e. The molecule has 4 saturated carbocycles. The first kappa shape index (κ1) is 16.6. The highest BCUT2D eigenvalue weighted by Crippen LogP contribution is 2.66. The summed E-state index contributed by atoms with van der Waals surface area (Å²) < 4.78 is 12.3. The molecule has 5 fully saturated rings. The molecule has 0 radical (unpaired) electrons. The van der Waals surface area contributed by atoms with Gasteiger partial charge in [-0.05, 0) is 68.1 Å². The minimum atomic E-state index is 0.172. The molecule has 0 aromatic carbocycles. The van der Waals surface area contributed by atoms with Gasteiger partial charge in [-0.15, -0.1) is 0 Å². The molecule has 4 nitrogen and oxygen atoms in total. The maximum absolute atomic E-state index is 9.90. The summed E-state index contributed by atoms with van der Waals surface area (Å²) >= 11 is 0. The normalized spacial score (nSPS) is 54.1. The van der Waals surface area contributed by atoms with Gasteiger partial charge in [0, 0.05) is 11.3 Å². The number of hydrogen-bond donors (Lipinski definition) is 1. The lowest BCUT2D eigenvalue weighted by Crippen LogP contribution is -2.58. The summed E-state index contributed by atoms with van der Waals surface area (Å²) in [6.07, 6.45) is 11.7. The van der Waals surface area contributed by atoms with E-state index in [-0.39, 0.29) is 5.41 Å². The number of nitrogens with zero attached hydrogens (tertiary/aromatic N) is 1. The molecule has 7 atom stereocenters. The second-order valence-corrected chi connectivity index (χ2v) is 9.74. The Morgan fingerprint density at radius 3 is 2.84 bits per heavy atom. The van der Waals surface area contributed by atoms with E-state index in [4.69, 9.17) is 9.47 Å². The van der Waals surface area contributed by atoms with Crippen LogP contribution in [-0.4, -0.2) is 36.8 Å². The molecule has 1 N–H and O–H groups in total. The fraction of sp³-hybridized carbons (Fsp3) is 0.952. The van der Waals surface area contributed by atoms with Gasteiger partial charge in [0.05, 0.1) is 31.6 Å². The molecule has 4 heteroatoms. The SMILES string of the molecule is C[C@]12CCCCC1C/C(=N\O)[C@H]1[C@@H]3CCC4OCCOC[C@@]43CC[C@@H]12.